The van der Waals surface area contributed by atoms with Crippen molar-refractivity contribution in [3.05, 3.63) is 34.9 Å². The Balaban J connectivity index is 2.89. The molecule has 86 valence electrons. The van der Waals surface area contributed by atoms with E-state index in [0.717, 1.165) is 11.1 Å². The fraction of sp³-hybridized carbons (Fsp3) is 0.429. The molecule has 16 heavy (non-hydrogen) atoms. The number of carbonyl (C=O) groups excluding carboxylic acids is 2. The topological polar surface area (TPSA) is 34.1 Å². The summed E-state index contributed by atoms with van der Waals surface area (Å²) in [4.78, 5) is 23.4. The third-order valence-corrected chi connectivity index (χ3v) is 2.88. The molecular formula is C14H18O2. The van der Waals surface area contributed by atoms with Crippen LogP contribution in [0.25, 0.3) is 0 Å². The Morgan fingerprint density at radius 3 is 2.38 bits per heavy atom. The first kappa shape index (κ1) is 12.6. The molecule has 0 N–H and O–H groups in total. The Bertz CT molecular complexity index is 417. The molecule has 2 nitrogen and oxygen atoms in total. The monoisotopic (exact) mass is 218 g/mol. The molecule has 0 aliphatic heterocycles. The number of hydrogen-bond acceptors (Lipinski definition) is 2. The van der Waals surface area contributed by atoms with Crippen LogP contribution in [0.5, 0.6) is 0 Å². The second-order valence-electron chi connectivity index (χ2n) is 4.47. The third kappa shape index (κ3) is 2.78. The molecule has 0 atom stereocenters. The average molecular weight is 218 g/mol. The van der Waals surface area contributed by atoms with Gasteiger partial charge in [0, 0.05) is 11.5 Å². The van der Waals surface area contributed by atoms with E-state index in [0.29, 0.717) is 5.56 Å². The summed E-state index contributed by atoms with van der Waals surface area (Å²) in [5.41, 5.74) is 2.74. The van der Waals surface area contributed by atoms with Crippen LogP contribution in [0.4, 0.5) is 0 Å². The van der Waals surface area contributed by atoms with Crippen LogP contribution >= 0.6 is 0 Å². The van der Waals surface area contributed by atoms with E-state index < -0.39 is 0 Å². The van der Waals surface area contributed by atoms with Crippen LogP contribution in [0.3, 0.4) is 0 Å². The molecule has 0 saturated carbocycles. The van der Waals surface area contributed by atoms with Gasteiger partial charge in [-0.25, -0.2) is 0 Å². The maximum absolute atomic E-state index is 11.9. The molecule has 0 aliphatic carbocycles. The van der Waals surface area contributed by atoms with Gasteiger partial charge in [-0.2, -0.15) is 0 Å². The van der Waals surface area contributed by atoms with E-state index in [1.54, 1.807) is 6.07 Å². The molecule has 0 saturated heterocycles. The van der Waals surface area contributed by atoms with Crippen LogP contribution in [-0.2, 0) is 4.79 Å². The molecular weight excluding hydrogens is 200 g/mol. The van der Waals surface area contributed by atoms with Crippen molar-refractivity contribution < 1.29 is 9.59 Å². The van der Waals surface area contributed by atoms with Gasteiger partial charge in [0.15, 0.2) is 5.78 Å². The number of Topliss-reactive ketones (excluding diaryl/α,β-unsaturated/α-hetero) is 2. The second-order valence-corrected chi connectivity index (χ2v) is 4.47. The van der Waals surface area contributed by atoms with Crippen molar-refractivity contribution >= 4 is 11.6 Å². The first-order valence-corrected chi connectivity index (χ1v) is 5.55. The molecule has 1 rings (SSSR count). The lowest BCUT2D eigenvalue weighted by atomic mass is 9.95. The van der Waals surface area contributed by atoms with Gasteiger partial charge in [0.05, 0.1) is 6.42 Å². The predicted octanol–water partition coefficient (Wildman–Crippen LogP) is 3.10. The maximum atomic E-state index is 11.9. The summed E-state index contributed by atoms with van der Waals surface area (Å²) in [7, 11) is 0. The van der Waals surface area contributed by atoms with E-state index in [1.165, 1.54) is 0 Å². The molecule has 0 aliphatic rings. The molecule has 0 aromatic heterocycles. The summed E-state index contributed by atoms with van der Waals surface area (Å²) in [6.07, 6.45) is 0.0158. The van der Waals surface area contributed by atoms with Crippen LogP contribution < -0.4 is 0 Å². The molecule has 0 radical (unpaired) electrons. The van der Waals surface area contributed by atoms with Crippen molar-refractivity contribution in [2.45, 2.75) is 34.1 Å². The highest BCUT2D eigenvalue weighted by Crippen LogP contribution is 2.15. The number of benzene rings is 1. The Morgan fingerprint density at radius 1 is 1.19 bits per heavy atom. The molecule has 1 aromatic rings. The van der Waals surface area contributed by atoms with E-state index in [4.69, 9.17) is 0 Å². The van der Waals surface area contributed by atoms with Crippen molar-refractivity contribution in [1.29, 1.82) is 0 Å². The first-order chi connectivity index (χ1) is 7.43. The Hall–Kier alpha value is -1.44. The minimum atomic E-state index is -0.0749. The van der Waals surface area contributed by atoms with E-state index in [2.05, 4.69) is 0 Å². The quantitative estimate of drug-likeness (QED) is 0.575. The number of hydrogen-bond donors (Lipinski definition) is 0. The van der Waals surface area contributed by atoms with Gasteiger partial charge in [0.25, 0.3) is 0 Å². The molecule has 1 aromatic carbocycles. The lowest BCUT2D eigenvalue weighted by molar-refractivity contribution is -0.121. The lowest BCUT2D eigenvalue weighted by Gasteiger charge is -2.08. The summed E-state index contributed by atoms with van der Waals surface area (Å²) in [5.74, 6) is -0.139. The largest absolute Gasteiger partial charge is 0.299 e. The van der Waals surface area contributed by atoms with Gasteiger partial charge in [-0.1, -0.05) is 32.0 Å². The molecule has 2 heteroatoms. The van der Waals surface area contributed by atoms with Crippen LogP contribution in [-0.4, -0.2) is 11.6 Å². The number of carbonyl (C=O) groups is 2. The van der Waals surface area contributed by atoms with Gasteiger partial charge in [-0.15, -0.1) is 0 Å². The molecule has 0 heterocycles. The fourth-order valence-electron chi connectivity index (χ4n) is 1.51. The van der Waals surface area contributed by atoms with E-state index in [9.17, 15) is 9.59 Å². The van der Waals surface area contributed by atoms with E-state index in [1.807, 2.05) is 39.8 Å². The highest BCUT2D eigenvalue weighted by Gasteiger charge is 2.16. The maximum Gasteiger partial charge on any atom is 0.170 e. The number of aryl methyl sites for hydroxylation is 1. The predicted molar refractivity (Wildman–Crippen MR) is 64.7 cm³/mol. The second kappa shape index (κ2) is 5.06. The zero-order valence-corrected chi connectivity index (χ0v) is 10.3. The Morgan fingerprint density at radius 2 is 1.81 bits per heavy atom. The van der Waals surface area contributed by atoms with Gasteiger partial charge in [0.2, 0.25) is 0 Å². The number of rotatable bonds is 4. The standard InChI is InChI=1S/C14H18O2/c1-9(2)13(15)8-14(16)12-7-5-6-10(3)11(12)4/h5-7,9H,8H2,1-4H3. The van der Waals surface area contributed by atoms with Gasteiger partial charge in [-0.05, 0) is 25.0 Å². The van der Waals surface area contributed by atoms with Gasteiger partial charge in [0.1, 0.15) is 5.78 Å². The fourth-order valence-corrected chi connectivity index (χ4v) is 1.51. The molecule has 0 amide bonds. The average Bonchev–Trinajstić information content (AvgIpc) is 2.21. The molecule has 0 spiro atoms. The van der Waals surface area contributed by atoms with Crippen molar-refractivity contribution in [3.8, 4) is 0 Å². The molecule has 0 fully saturated rings. The van der Waals surface area contributed by atoms with Crippen molar-refractivity contribution in [3.63, 3.8) is 0 Å². The molecule has 0 unspecified atom stereocenters. The zero-order valence-electron chi connectivity index (χ0n) is 10.3. The summed E-state index contributed by atoms with van der Waals surface area (Å²) in [6.45, 7) is 7.52. The smallest absolute Gasteiger partial charge is 0.170 e. The van der Waals surface area contributed by atoms with Crippen molar-refractivity contribution in [2.24, 2.45) is 5.92 Å². The highest BCUT2D eigenvalue weighted by atomic mass is 16.1. The summed E-state index contributed by atoms with van der Waals surface area (Å²) >= 11 is 0. The minimum absolute atomic E-state index is 0.00547. The van der Waals surface area contributed by atoms with Crippen molar-refractivity contribution in [1.82, 2.24) is 0 Å². The van der Waals surface area contributed by atoms with E-state index >= 15 is 0 Å². The SMILES string of the molecule is Cc1cccc(C(=O)CC(=O)C(C)C)c1C. The van der Waals surface area contributed by atoms with Crippen molar-refractivity contribution in [2.75, 3.05) is 0 Å². The molecule has 0 bridgehead atoms. The van der Waals surface area contributed by atoms with Gasteiger partial charge < -0.3 is 0 Å². The third-order valence-electron chi connectivity index (χ3n) is 2.88. The lowest BCUT2D eigenvalue weighted by Crippen LogP contribution is -2.14. The summed E-state index contributed by atoms with van der Waals surface area (Å²) in [6, 6.07) is 5.62. The van der Waals surface area contributed by atoms with Gasteiger partial charge in [-0.3, -0.25) is 9.59 Å². The zero-order chi connectivity index (χ0) is 12.3. The normalized spacial score (nSPS) is 10.6. The summed E-state index contributed by atoms with van der Waals surface area (Å²) in [5, 5.41) is 0. The summed E-state index contributed by atoms with van der Waals surface area (Å²) < 4.78 is 0. The van der Waals surface area contributed by atoms with Gasteiger partial charge >= 0.3 is 0 Å². The van der Waals surface area contributed by atoms with Crippen LogP contribution in [0.1, 0.15) is 41.8 Å². The number of ketones is 2. The van der Waals surface area contributed by atoms with E-state index in [-0.39, 0.29) is 23.9 Å². The first-order valence-electron chi connectivity index (χ1n) is 5.55. The minimum Gasteiger partial charge on any atom is -0.299 e. The Kier molecular flexibility index (Phi) is 3.99. The van der Waals surface area contributed by atoms with Crippen LogP contribution in [0, 0.1) is 19.8 Å². The Labute approximate surface area is 96.7 Å². The van der Waals surface area contributed by atoms with Crippen LogP contribution in [0.15, 0.2) is 18.2 Å². The van der Waals surface area contributed by atoms with Crippen LogP contribution in [0.2, 0.25) is 0 Å². The highest BCUT2D eigenvalue weighted by molar-refractivity contribution is 6.09.